The summed E-state index contributed by atoms with van der Waals surface area (Å²) in [5, 5.41) is 2.62. The Hall–Kier alpha value is -2.64. The van der Waals surface area contributed by atoms with Gasteiger partial charge in [0.2, 0.25) is 5.91 Å². The molecule has 0 spiro atoms. The number of hydrogen-bond acceptors (Lipinski definition) is 3. The largest absolute Gasteiger partial charge is 0.417 e. The third-order valence-corrected chi connectivity index (χ3v) is 2.87. The third kappa shape index (κ3) is 3.72. The predicted octanol–water partition coefficient (Wildman–Crippen LogP) is 2.88. The highest BCUT2D eigenvalue weighted by Crippen LogP contribution is 2.29. The molecule has 0 aliphatic carbocycles. The van der Waals surface area contributed by atoms with Crippen LogP contribution in [0, 0.1) is 5.82 Å². The number of halogens is 4. The Bertz CT molecular complexity index is 653. The maximum absolute atomic E-state index is 12.9. The highest BCUT2D eigenvalue weighted by molar-refractivity contribution is 5.84. The first-order chi connectivity index (χ1) is 10.3. The Morgan fingerprint density at radius 3 is 2.23 bits per heavy atom. The van der Waals surface area contributed by atoms with Gasteiger partial charge in [0.1, 0.15) is 17.7 Å². The number of carbonyl (C=O) groups excluding carboxylic acids is 1. The van der Waals surface area contributed by atoms with Gasteiger partial charge in [-0.15, -0.1) is 0 Å². The molecule has 0 fully saturated rings. The van der Waals surface area contributed by atoms with E-state index in [1.807, 2.05) is 0 Å². The van der Waals surface area contributed by atoms with Gasteiger partial charge < -0.3 is 11.1 Å². The van der Waals surface area contributed by atoms with Crippen LogP contribution in [0.4, 0.5) is 23.4 Å². The monoisotopic (exact) mass is 313 g/mol. The zero-order chi connectivity index (χ0) is 16.3. The predicted molar refractivity (Wildman–Crippen MR) is 71.2 cm³/mol. The highest BCUT2D eigenvalue weighted by atomic mass is 19.4. The molecule has 2 aromatic rings. The Morgan fingerprint density at radius 2 is 1.77 bits per heavy atom. The highest BCUT2D eigenvalue weighted by Gasteiger charge is 2.30. The summed E-state index contributed by atoms with van der Waals surface area (Å²) in [6.45, 7) is 0. The minimum atomic E-state index is -4.49. The van der Waals surface area contributed by atoms with E-state index in [2.05, 4.69) is 10.3 Å². The molecule has 1 unspecified atom stereocenters. The molecular weight excluding hydrogens is 302 g/mol. The first-order valence-electron chi connectivity index (χ1n) is 6.12. The molecular formula is C14H11F4N3O. The molecule has 1 aromatic heterocycles. The van der Waals surface area contributed by atoms with E-state index in [9.17, 15) is 22.4 Å². The average molecular weight is 313 g/mol. The van der Waals surface area contributed by atoms with E-state index in [1.165, 1.54) is 12.1 Å². The van der Waals surface area contributed by atoms with E-state index in [0.29, 0.717) is 11.8 Å². The van der Waals surface area contributed by atoms with Crippen molar-refractivity contribution in [1.82, 2.24) is 4.98 Å². The number of carbonyl (C=O) groups is 1. The summed E-state index contributed by atoms with van der Waals surface area (Å²) in [7, 11) is 0. The molecule has 0 radical (unpaired) electrons. The van der Waals surface area contributed by atoms with E-state index >= 15 is 0 Å². The topological polar surface area (TPSA) is 68.0 Å². The van der Waals surface area contributed by atoms with Crippen LogP contribution in [0.5, 0.6) is 0 Å². The lowest BCUT2D eigenvalue weighted by atomic mass is 10.1. The van der Waals surface area contributed by atoms with Gasteiger partial charge in [0.15, 0.2) is 0 Å². The summed E-state index contributed by atoms with van der Waals surface area (Å²) in [6, 6.07) is 5.87. The van der Waals surface area contributed by atoms with Crippen LogP contribution in [-0.2, 0) is 11.0 Å². The summed E-state index contributed by atoms with van der Waals surface area (Å²) in [5.74, 6) is -1.21. The van der Waals surface area contributed by atoms with Gasteiger partial charge in [0.25, 0.3) is 0 Å². The van der Waals surface area contributed by atoms with E-state index in [4.69, 9.17) is 5.73 Å². The number of nitrogens with one attached hydrogen (secondary N) is 1. The number of hydrogen-bond donors (Lipinski definition) is 2. The number of alkyl halides is 3. The van der Waals surface area contributed by atoms with Crippen LogP contribution in [0.2, 0.25) is 0 Å². The van der Waals surface area contributed by atoms with Gasteiger partial charge in [-0.25, -0.2) is 9.37 Å². The second-order valence-corrected chi connectivity index (χ2v) is 4.46. The standard InChI is InChI=1S/C14H11F4N3O/c15-10-4-1-8(2-5-10)12(13(19)22)21-11-6-3-9(7-20-11)14(16,17)18/h1-7,12H,(H2,19,22)(H,20,21). The lowest BCUT2D eigenvalue weighted by Gasteiger charge is -2.17. The Labute approximate surface area is 123 Å². The first-order valence-corrected chi connectivity index (χ1v) is 6.12. The zero-order valence-electron chi connectivity index (χ0n) is 11.1. The van der Waals surface area contributed by atoms with Crippen LogP contribution in [0.1, 0.15) is 17.2 Å². The fraction of sp³-hybridized carbons (Fsp3) is 0.143. The van der Waals surface area contributed by atoms with Crippen molar-refractivity contribution in [3.63, 3.8) is 0 Å². The molecule has 4 nitrogen and oxygen atoms in total. The molecule has 0 bridgehead atoms. The van der Waals surface area contributed by atoms with Crippen molar-refractivity contribution in [3.8, 4) is 0 Å². The van der Waals surface area contributed by atoms with E-state index in [0.717, 1.165) is 24.3 Å². The number of benzene rings is 1. The second kappa shape index (κ2) is 6.00. The number of pyridine rings is 1. The van der Waals surface area contributed by atoms with Crippen molar-refractivity contribution in [2.75, 3.05) is 5.32 Å². The molecule has 116 valence electrons. The van der Waals surface area contributed by atoms with Crippen molar-refractivity contribution in [2.45, 2.75) is 12.2 Å². The number of rotatable bonds is 4. The van der Waals surface area contributed by atoms with Crippen LogP contribution >= 0.6 is 0 Å². The van der Waals surface area contributed by atoms with Gasteiger partial charge in [0, 0.05) is 6.20 Å². The van der Waals surface area contributed by atoms with Crippen molar-refractivity contribution in [1.29, 1.82) is 0 Å². The number of primary amides is 1. The minimum Gasteiger partial charge on any atom is -0.368 e. The summed E-state index contributed by atoms with van der Waals surface area (Å²) >= 11 is 0. The molecule has 3 N–H and O–H groups in total. The van der Waals surface area contributed by atoms with Crippen LogP contribution in [0.25, 0.3) is 0 Å². The Kier molecular flexibility index (Phi) is 4.30. The Morgan fingerprint density at radius 1 is 1.14 bits per heavy atom. The first kappa shape index (κ1) is 15.7. The van der Waals surface area contributed by atoms with Gasteiger partial charge >= 0.3 is 6.18 Å². The maximum Gasteiger partial charge on any atom is 0.417 e. The molecule has 0 saturated heterocycles. The molecule has 1 atom stereocenters. The van der Waals surface area contributed by atoms with Crippen LogP contribution in [0.15, 0.2) is 42.6 Å². The normalized spacial score (nSPS) is 12.7. The number of anilines is 1. The summed E-state index contributed by atoms with van der Waals surface area (Å²) in [4.78, 5) is 15.1. The summed E-state index contributed by atoms with van der Waals surface area (Å²) in [6.07, 6.45) is -3.85. The van der Waals surface area contributed by atoms with Gasteiger partial charge in [-0.05, 0) is 29.8 Å². The lowest BCUT2D eigenvalue weighted by molar-refractivity contribution is -0.137. The lowest BCUT2D eigenvalue weighted by Crippen LogP contribution is -2.28. The molecule has 0 aliphatic heterocycles. The van der Waals surface area contributed by atoms with Crippen molar-refractivity contribution in [3.05, 3.63) is 59.5 Å². The van der Waals surface area contributed by atoms with Gasteiger partial charge in [-0.2, -0.15) is 13.2 Å². The molecule has 2 rings (SSSR count). The van der Waals surface area contributed by atoms with Crippen molar-refractivity contribution < 1.29 is 22.4 Å². The fourth-order valence-electron chi connectivity index (χ4n) is 1.77. The second-order valence-electron chi connectivity index (χ2n) is 4.46. The Balaban J connectivity index is 2.21. The quantitative estimate of drug-likeness (QED) is 0.853. The summed E-state index contributed by atoms with van der Waals surface area (Å²) < 4.78 is 50.2. The van der Waals surface area contributed by atoms with E-state index in [-0.39, 0.29) is 5.82 Å². The SMILES string of the molecule is NC(=O)C(Nc1ccc(C(F)(F)F)cn1)c1ccc(F)cc1. The van der Waals surface area contributed by atoms with Crippen LogP contribution in [-0.4, -0.2) is 10.9 Å². The van der Waals surface area contributed by atoms with Crippen LogP contribution in [0.3, 0.4) is 0 Å². The molecule has 1 amide bonds. The molecule has 0 aliphatic rings. The smallest absolute Gasteiger partial charge is 0.368 e. The van der Waals surface area contributed by atoms with Crippen molar-refractivity contribution >= 4 is 11.7 Å². The third-order valence-electron chi connectivity index (χ3n) is 2.87. The summed E-state index contributed by atoms with van der Waals surface area (Å²) in [5.41, 5.74) is 4.71. The number of amides is 1. The molecule has 22 heavy (non-hydrogen) atoms. The number of nitrogens with zero attached hydrogens (tertiary/aromatic N) is 1. The minimum absolute atomic E-state index is 0.0427. The molecule has 0 saturated carbocycles. The number of aromatic nitrogens is 1. The van der Waals surface area contributed by atoms with Gasteiger partial charge in [-0.1, -0.05) is 12.1 Å². The molecule has 8 heteroatoms. The fourth-order valence-corrected chi connectivity index (χ4v) is 1.77. The maximum atomic E-state index is 12.9. The molecule has 1 aromatic carbocycles. The molecule has 1 heterocycles. The van der Waals surface area contributed by atoms with Crippen molar-refractivity contribution in [2.24, 2.45) is 5.73 Å². The van der Waals surface area contributed by atoms with E-state index in [1.54, 1.807) is 0 Å². The number of nitrogens with two attached hydrogens (primary N) is 1. The van der Waals surface area contributed by atoms with E-state index < -0.39 is 29.5 Å². The average Bonchev–Trinajstić information content (AvgIpc) is 2.45. The van der Waals surface area contributed by atoms with Crippen LogP contribution < -0.4 is 11.1 Å². The van der Waals surface area contributed by atoms with Gasteiger partial charge in [-0.3, -0.25) is 4.79 Å². The zero-order valence-corrected chi connectivity index (χ0v) is 11.1. The van der Waals surface area contributed by atoms with Gasteiger partial charge in [0.05, 0.1) is 5.56 Å².